The fourth-order valence-corrected chi connectivity index (χ4v) is 3.01. The molecule has 2 fully saturated rings. The molecule has 94 valence electrons. The predicted octanol–water partition coefficient (Wildman–Crippen LogP) is 2.97. The van der Waals surface area contributed by atoms with Gasteiger partial charge in [0, 0.05) is 19.7 Å². The molecule has 0 amide bonds. The Morgan fingerprint density at radius 3 is 2.62 bits per heavy atom. The molecule has 2 aliphatic rings. The highest BCUT2D eigenvalue weighted by atomic mass is 16.5. The maximum atomic E-state index is 5.48. The normalized spacial score (nSPS) is 33.0. The van der Waals surface area contributed by atoms with Crippen molar-refractivity contribution in [1.82, 2.24) is 5.32 Å². The van der Waals surface area contributed by atoms with Gasteiger partial charge < -0.3 is 10.1 Å². The molecule has 2 rings (SSSR count). The maximum Gasteiger partial charge on any atom is 0.0586 e. The average molecular weight is 225 g/mol. The van der Waals surface area contributed by atoms with Crippen molar-refractivity contribution in [1.29, 1.82) is 0 Å². The van der Waals surface area contributed by atoms with Crippen LogP contribution in [0.25, 0.3) is 0 Å². The molecule has 1 N–H and O–H groups in total. The third-order valence-corrected chi connectivity index (χ3v) is 4.82. The van der Waals surface area contributed by atoms with Gasteiger partial charge in [-0.15, -0.1) is 0 Å². The summed E-state index contributed by atoms with van der Waals surface area (Å²) >= 11 is 0. The number of rotatable bonds is 5. The Labute approximate surface area is 100 Å². The van der Waals surface area contributed by atoms with E-state index in [1.165, 1.54) is 45.1 Å². The topological polar surface area (TPSA) is 21.3 Å². The Morgan fingerprint density at radius 2 is 2.06 bits per heavy atom. The highest BCUT2D eigenvalue weighted by Crippen LogP contribution is 2.51. The van der Waals surface area contributed by atoms with E-state index in [4.69, 9.17) is 4.74 Å². The monoisotopic (exact) mass is 225 g/mol. The van der Waals surface area contributed by atoms with Gasteiger partial charge in [0.2, 0.25) is 0 Å². The third kappa shape index (κ3) is 2.78. The second-order valence-corrected chi connectivity index (χ2v) is 6.12. The van der Waals surface area contributed by atoms with Crippen molar-refractivity contribution in [3.8, 4) is 0 Å². The van der Waals surface area contributed by atoms with Gasteiger partial charge in [0.05, 0.1) is 6.10 Å². The summed E-state index contributed by atoms with van der Waals surface area (Å²) in [7, 11) is 1.85. The quantitative estimate of drug-likeness (QED) is 0.776. The summed E-state index contributed by atoms with van der Waals surface area (Å²) in [6.45, 7) is 5.97. The molecule has 0 aromatic carbocycles. The van der Waals surface area contributed by atoms with Crippen LogP contribution in [-0.2, 0) is 4.74 Å². The van der Waals surface area contributed by atoms with E-state index in [-0.39, 0.29) is 0 Å². The first-order valence-corrected chi connectivity index (χ1v) is 6.92. The van der Waals surface area contributed by atoms with Crippen LogP contribution in [0.4, 0.5) is 0 Å². The lowest BCUT2D eigenvalue weighted by molar-refractivity contribution is 0.0575. The zero-order valence-electron chi connectivity index (χ0n) is 11.1. The first-order chi connectivity index (χ1) is 7.66. The molecule has 0 radical (unpaired) electrons. The van der Waals surface area contributed by atoms with Crippen molar-refractivity contribution in [3.05, 3.63) is 0 Å². The van der Waals surface area contributed by atoms with Crippen LogP contribution in [0.3, 0.4) is 0 Å². The average Bonchev–Trinajstić information content (AvgIpc) is 3.08. The van der Waals surface area contributed by atoms with Gasteiger partial charge in [-0.05, 0) is 49.9 Å². The van der Waals surface area contributed by atoms with Gasteiger partial charge in [-0.1, -0.05) is 13.8 Å². The van der Waals surface area contributed by atoms with Crippen LogP contribution in [0.2, 0.25) is 0 Å². The molecule has 2 heteroatoms. The van der Waals surface area contributed by atoms with Crippen LogP contribution in [-0.4, -0.2) is 25.8 Å². The van der Waals surface area contributed by atoms with Crippen LogP contribution in [0.5, 0.6) is 0 Å². The lowest BCUT2D eigenvalue weighted by Crippen LogP contribution is -2.40. The molecule has 0 aromatic rings. The van der Waals surface area contributed by atoms with E-state index in [2.05, 4.69) is 19.2 Å². The maximum absolute atomic E-state index is 5.48. The summed E-state index contributed by atoms with van der Waals surface area (Å²) < 4.78 is 5.48. The van der Waals surface area contributed by atoms with Gasteiger partial charge in [-0.25, -0.2) is 0 Å². The molecule has 2 saturated carbocycles. The Kier molecular flexibility index (Phi) is 3.91. The highest BCUT2D eigenvalue weighted by Gasteiger charge is 2.45. The first-order valence-electron chi connectivity index (χ1n) is 6.92. The highest BCUT2D eigenvalue weighted by molar-refractivity contribution is 4.98. The molecule has 2 atom stereocenters. The molecule has 0 heterocycles. The van der Waals surface area contributed by atoms with Crippen LogP contribution < -0.4 is 5.32 Å². The minimum Gasteiger partial charge on any atom is -0.381 e. The standard InChI is InChI=1S/C14H27NO/c1-11(2)14(7-8-14)10-15-12-5-4-6-13(9-12)16-3/h11-13,15H,4-10H2,1-3H3. The Balaban J connectivity index is 1.73. The van der Waals surface area contributed by atoms with Gasteiger partial charge in [0.25, 0.3) is 0 Å². The van der Waals surface area contributed by atoms with Crippen molar-refractivity contribution in [3.63, 3.8) is 0 Å². The molecular weight excluding hydrogens is 198 g/mol. The van der Waals surface area contributed by atoms with E-state index in [0.29, 0.717) is 17.6 Å². The van der Waals surface area contributed by atoms with Gasteiger partial charge in [0.15, 0.2) is 0 Å². The number of methoxy groups -OCH3 is 1. The number of ether oxygens (including phenoxy) is 1. The number of hydrogen-bond acceptors (Lipinski definition) is 2. The minimum absolute atomic E-state index is 0.500. The summed E-state index contributed by atoms with van der Waals surface area (Å²) in [5, 5.41) is 3.79. The Morgan fingerprint density at radius 1 is 1.31 bits per heavy atom. The molecule has 2 unspecified atom stereocenters. The van der Waals surface area contributed by atoms with E-state index in [1.54, 1.807) is 0 Å². The fraction of sp³-hybridized carbons (Fsp3) is 1.00. The molecule has 0 aliphatic heterocycles. The molecule has 0 saturated heterocycles. The molecule has 0 aromatic heterocycles. The largest absolute Gasteiger partial charge is 0.381 e. The first kappa shape index (κ1) is 12.4. The van der Waals surface area contributed by atoms with Gasteiger partial charge in [-0.3, -0.25) is 0 Å². The van der Waals surface area contributed by atoms with Crippen LogP contribution in [0, 0.1) is 11.3 Å². The molecule has 0 spiro atoms. The second-order valence-electron chi connectivity index (χ2n) is 6.12. The van der Waals surface area contributed by atoms with Gasteiger partial charge in [0.1, 0.15) is 0 Å². The van der Waals surface area contributed by atoms with Crippen molar-refractivity contribution in [2.45, 2.75) is 64.5 Å². The molecule has 2 nitrogen and oxygen atoms in total. The summed E-state index contributed by atoms with van der Waals surface area (Å²) in [6, 6.07) is 0.704. The van der Waals surface area contributed by atoms with Crippen molar-refractivity contribution in [2.24, 2.45) is 11.3 Å². The van der Waals surface area contributed by atoms with E-state index in [0.717, 1.165) is 5.92 Å². The van der Waals surface area contributed by atoms with Crippen molar-refractivity contribution in [2.75, 3.05) is 13.7 Å². The zero-order valence-corrected chi connectivity index (χ0v) is 11.1. The summed E-state index contributed by atoms with van der Waals surface area (Å²) in [5.41, 5.74) is 0.639. The summed E-state index contributed by atoms with van der Waals surface area (Å²) in [4.78, 5) is 0. The lowest BCUT2D eigenvalue weighted by atomic mass is 9.89. The SMILES string of the molecule is COC1CCCC(NCC2(C(C)C)CC2)C1. The van der Waals surface area contributed by atoms with E-state index >= 15 is 0 Å². The number of hydrogen-bond donors (Lipinski definition) is 1. The molecule has 0 bridgehead atoms. The summed E-state index contributed by atoms with van der Waals surface area (Å²) in [6.07, 6.45) is 8.49. The summed E-state index contributed by atoms with van der Waals surface area (Å²) in [5.74, 6) is 0.835. The van der Waals surface area contributed by atoms with Crippen LogP contribution >= 0.6 is 0 Å². The molecular formula is C14H27NO. The van der Waals surface area contributed by atoms with Gasteiger partial charge in [-0.2, -0.15) is 0 Å². The van der Waals surface area contributed by atoms with Crippen molar-refractivity contribution < 1.29 is 4.74 Å². The zero-order chi connectivity index (χ0) is 11.6. The second kappa shape index (κ2) is 5.05. The predicted molar refractivity (Wildman–Crippen MR) is 67.6 cm³/mol. The molecule has 2 aliphatic carbocycles. The lowest BCUT2D eigenvalue weighted by Gasteiger charge is -2.31. The van der Waals surface area contributed by atoms with E-state index < -0.39 is 0 Å². The van der Waals surface area contributed by atoms with E-state index in [9.17, 15) is 0 Å². The van der Waals surface area contributed by atoms with Crippen LogP contribution in [0.15, 0.2) is 0 Å². The third-order valence-electron chi connectivity index (χ3n) is 4.82. The number of nitrogens with one attached hydrogen (secondary N) is 1. The Bertz CT molecular complexity index is 223. The van der Waals surface area contributed by atoms with Gasteiger partial charge >= 0.3 is 0 Å². The fourth-order valence-electron chi connectivity index (χ4n) is 3.01. The van der Waals surface area contributed by atoms with E-state index in [1.807, 2.05) is 7.11 Å². The van der Waals surface area contributed by atoms with Crippen molar-refractivity contribution >= 4 is 0 Å². The van der Waals surface area contributed by atoms with Crippen LogP contribution in [0.1, 0.15) is 52.4 Å². The molecule has 16 heavy (non-hydrogen) atoms. The smallest absolute Gasteiger partial charge is 0.0586 e. The minimum atomic E-state index is 0.500. The Hall–Kier alpha value is -0.0800.